The fraction of sp³-hybridized carbons (Fsp3) is 0.700. The Bertz CT molecular complexity index is 245. The Morgan fingerprint density at radius 1 is 1.62 bits per heavy atom. The van der Waals surface area contributed by atoms with E-state index in [2.05, 4.69) is 18.9 Å². The first kappa shape index (κ1) is 10.3. The molecule has 0 radical (unpaired) electrons. The fourth-order valence-corrected chi connectivity index (χ4v) is 1.20. The third-order valence-electron chi connectivity index (χ3n) is 2.30. The zero-order valence-electron chi connectivity index (χ0n) is 8.40. The van der Waals surface area contributed by atoms with Crippen molar-refractivity contribution < 1.29 is 5.11 Å². The number of hydrogen-bond donors (Lipinski definition) is 1. The van der Waals surface area contributed by atoms with Gasteiger partial charge >= 0.3 is 0 Å². The number of aryl methyl sites for hydroxylation is 1. The van der Waals surface area contributed by atoms with Gasteiger partial charge in [0.25, 0.3) is 0 Å². The van der Waals surface area contributed by atoms with Crippen molar-refractivity contribution >= 4 is 0 Å². The smallest absolute Gasteiger partial charge is 0.0625 e. The fourth-order valence-electron chi connectivity index (χ4n) is 1.20. The van der Waals surface area contributed by atoms with Crippen molar-refractivity contribution in [2.24, 2.45) is 0 Å². The Balaban J connectivity index is 2.53. The second kappa shape index (κ2) is 5.02. The van der Waals surface area contributed by atoms with Crippen molar-refractivity contribution in [3.8, 4) is 0 Å². The van der Waals surface area contributed by atoms with Gasteiger partial charge in [-0.2, -0.15) is 5.10 Å². The normalized spacial score (nSPS) is 13.2. The van der Waals surface area contributed by atoms with E-state index in [4.69, 9.17) is 5.11 Å². The average molecular weight is 182 g/mol. The molecule has 0 bridgehead atoms. The lowest BCUT2D eigenvalue weighted by atomic mass is 10.2. The molecular formula is C10H18N2O. The second-order valence-electron chi connectivity index (χ2n) is 3.37. The van der Waals surface area contributed by atoms with Gasteiger partial charge in [0.2, 0.25) is 0 Å². The molecule has 0 aromatic carbocycles. The Labute approximate surface area is 79.4 Å². The van der Waals surface area contributed by atoms with Gasteiger partial charge in [-0.1, -0.05) is 6.92 Å². The van der Waals surface area contributed by atoms with Gasteiger partial charge in [-0.25, -0.2) is 0 Å². The quantitative estimate of drug-likeness (QED) is 0.753. The molecule has 1 aromatic rings. The van der Waals surface area contributed by atoms with Crippen LogP contribution in [0.1, 0.15) is 38.4 Å². The van der Waals surface area contributed by atoms with Crippen LogP contribution in [-0.4, -0.2) is 21.5 Å². The largest absolute Gasteiger partial charge is 0.396 e. The summed E-state index contributed by atoms with van der Waals surface area (Å²) in [4.78, 5) is 0. The highest BCUT2D eigenvalue weighted by atomic mass is 16.2. The molecule has 0 aliphatic heterocycles. The minimum Gasteiger partial charge on any atom is -0.396 e. The van der Waals surface area contributed by atoms with Crippen LogP contribution in [-0.2, 0) is 6.42 Å². The number of aliphatic hydroxyl groups is 1. The molecule has 1 heterocycles. The van der Waals surface area contributed by atoms with Crippen molar-refractivity contribution in [1.29, 1.82) is 0 Å². The van der Waals surface area contributed by atoms with E-state index in [1.807, 2.05) is 16.9 Å². The van der Waals surface area contributed by atoms with E-state index in [1.165, 1.54) is 0 Å². The summed E-state index contributed by atoms with van der Waals surface area (Å²) in [6, 6.07) is 2.50. The summed E-state index contributed by atoms with van der Waals surface area (Å²) >= 11 is 0. The molecule has 0 saturated heterocycles. The minimum atomic E-state index is 0.246. The monoisotopic (exact) mass is 182 g/mol. The van der Waals surface area contributed by atoms with Crippen molar-refractivity contribution in [3.63, 3.8) is 0 Å². The number of nitrogens with zero attached hydrogens (tertiary/aromatic N) is 2. The van der Waals surface area contributed by atoms with E-state index in [1.54, 1.807) is 0 Å². The summed E-state index contributed by atoms with van der Waals surface area (Å²) in [6.07, 6.45) is 4.79. The maximum Gasteiger partial charge on any atom is 0.0625 e. The van der Waals surface area contributed by atoms with E-state index >= 15 is 0 Å². The molecule has 1 N–H and O–H groups in total. The number of rotatable bonds is 5. The first-order valence-electron chi connectivity index (χ1n) is 4.92. The predicted octanol–water partition coefficient (Wildman–Crippen LogP) is 1.78. The Morgan fingerprint density at radius 2 is 2.38 bits per heavy atom. The van der Waals surface area contributed by atoms with Crippen LogP contribution in [0.3, 0.4) is 0 Å². The molecule has 1 aromatic heterocycles. The molecule has 0 amide bonds. The molecule has 3 heteroatoms. The van der Waals surface area contributed by atoms with Gasteiger partial charge < -0.3 is 5.11 Å². The lowest BCUT2D eigenvalue weighted by Gasteiger charge is -2.07. The molecule has 0 aliphatic rings. The molecule has 0 fully saturated rings. The minimum absolute atomic E-state index is 0.246. The van der Waals surface area contributed by atoms with Crippen molar-refractivity contribution in [2.75, 3.05) is 6.61 Å². The molecule has 13 heavy (non-hydrogen) atoms. The van der Waals surface area contributed by atoms with Crippen LogP contribution in [0.4, 0.5) is 0 Å². The Hall–Kier alpha value is -0.830. The van der Waals surface area contributed by atoms with Crippen molar-refractivity contribution in [1.82, 2.24) is 9.78 Å². The molecule has 3 nitrogen and oxygen atoms in total. The average Bonchev–Trinajstić information content (AvgIpc) is 2.62. The second-order valence-corrected chi connectivity index (χ2v) is 3.37. The number of aliphatic hydroxyl groups excluding tert-OH is 1. The summed E-state index contributed by atoms with van der Waals surface area (Å²) in [5.41, 5.74) is 1.08. The first-order chi connectivity index (χ1) is 6.27. The third kappa shape index (κ3) is 2.84. The van der Waals surface area contributed by atoms with E-state index in [0.29, 0.717) is 6.04 Å². The third-order valence-corrected chi connectivity index (χ3v) is 2.30. The highest BCUT2D eigenvalue weighted by Crippen LogP contribution is 2.09. The molecule has 0 aliphatic carbocycles. The molecular weight excluding hydrogens is 164 g/mol. The van der Waals surface area contributed by atoms with Crippen LogP contribution in [0.2, 0.25) is 0 Å². The maximum absolute atomic E-state index is 8.66. The van der Waals surface area contributed by atoms with Gasteiger partial charge in [0.15, 0.2) is 0 Å². The lowest BCUT2D eigenvalue weighted by molar-refractivity contribution is 0.288. The highest BCUT2D eigenvalue weighted by molar-refractivity contribution is 4.99. The van der Waals surface area contributed by atoms with E-state index < -0.39 is 0 Å². The zero-order chi connectivity index (χ0) is 9.68. The number of aromatic nitrogens is 2. The van der Waals surface area contributed by atoms with E-state index in [0.717, 1.165) is 25.0 Å². The van der Waals surface area contributed by atoms with Crippen LogP contribution < -0.4 is 0 Å². The van der Waals surface area contributed by atoms with Gasteiger partial charge in [0.1, 0.15) is 0 Å². The summed E-state index contributed by atoms with van der Waals surface area (Å²) in [5, 5.41) is 13.1. The van der Waals surface area contributed by atoms with Crippen LogP contribution in [0.15, 0.2) is 12.3 Å². The van der Waals surface area contributed by atoms with Crippen molar-refractivity contribution in [3.05, 3.63) is 18.0 Å². The zero-order valence-corrected chi connectivity index (χ0v) is 8.40. The van der Waals surface area contributed by atoms with Crippen LogP contribution in [0, 0.1) is 0 Å². The molecule has 0 spiro atoms. The molecule has 1 rings (SSSR count). The standard InChI is InChI=1S/C10H18N2O/c1-3-9(2)12-7-6-10(11-12)5-4-8-13/h6-7,9,13H,3-5,8H2,1-2H3. The Morgan fingerprint density at radius 3 is 3.00 bits per heavy atom. The molecule has 0 saturated carbocycles. The first-order valence-corrected chi connectivity index (χ1v) is 4.92. The molecule has 74 valence electrons. The van der Waals surface area contributed by atoms with Crippen LogP contribution in [0.5, 0.6) is 0 Å². The van der Waals surface area contributed by atoms with E-state index in [-0.39, 0.29) is 6.61 Å². The van der Waals surface area contributed by atoms with Gasteiger partial charge in [-0.15, -0.1) is 0 Å². The van der Waals surface area contributed by atoms with Crippen LogP contribution in [0.25, 0.3) is 0 Å². The maximum atomic E-state index is 8.66. The van der Waals surface area contributed by atoms with Crippen LogP contribution >= 0.6 is 0 Å². The predicted molar refractivity (Wildman–Crippen MR) is 52.6 cm³/mol. The SMILES string of the molecule is CCC(C)n1ccc(CCCO)n1. The summed E-state index contributed by atoms with van der Waals surface area (Å²) in [7, 11) is 0. The molecule has 1 unspecified atom stereocenters. The summed E-state index contributed by atoms with van der Waals surface area (Å²) in [5.74, 6) is 0. The topological polar surface area (TPSA) is 38.0 Å². The number of hydrogen-bond acceptors (Lipinski definition) is 2. The van der Waals surface area contributed by atoms with Gasteiger partial charge in [-0.3, -0.25) is 4.68 Å². The van der Waals surface area contributed by atoms with Gasteiger partial charge in [0, 0.05) is 18.8 Å². The highest BCUT2D eigenvalue weighted by Gasteiger charge is 2.03. The summed E-state index contributed by atoms with van der Waals surface area (Å²) in [6.45, 7) is 4.55. The van der Waals surface area contributed by atoms with Gasteiger partial charge in [0.05, 0.1) is 5.69 Å². The van der Waals surface area contributed by atoms with E-state index in [9.17, 15) is 0 Å². The van der Waals surface area contributed by atoms with Crippen molar-refractivity contribution in [2.45, 2.75) is 39.2 Å². The summed E-state index contributed by atoms with van der Waals surface area (Å²) < 4.78 is 1.99. The Kier molecular flexibility index (Phi) is 3.96. The molecule has 1 atom stereocenters. The lowest BCUT2D eigenvalue weighted by Crippen LogP contribution is -2.04. The van der Waals surface area contributed by atoms with Gasteiger partial charge in [-0.05, 0) is 32.3 Å².